The Morgan fingerprint density at radius 1 is 1.03 bits per heavy atom. The predicted octanol–water partition coefficient (Wildman–Crippen LogP) is 3.18. The number of benzene rings is 2. The zero-order valence-corrected chi connectivity index (χ0v) is 19.6. The van der Waals surface area contributed by atoms with Crippen molar-refractivity contribution in [3.63, 3.8) is 0 Å². The zero-order valence-electron chi connectivity index (χ0n) is 18.7. The Bertz CT molecular complexity index is 1120. The maximum absolute atomic E-state index is 13.2. The molecule has 0 unspecified atom stereocenters. The van der Waals surface area contributed by atoms with Gasteiger partial charge < -0.3 is 10.1 Å². The van der Waals surface area contributed by atoms with Gasteiger partial charge >= 0.3 is 0 Å². The van der Waals surface area contributed by atoms with Crippen molar-refractivity contribution in [2.75, 3.05) is 36.5 Å². The Morgan fingerprint density at radius 2 is 1.73 bits per heavy atom. The fraction of sp³-hybridized carbons (Fsp3) is 0.417. The van der Waals surface area contributed by atoms with E-state index in [-0.39, 0.29) is 24.0 Å². The predicted molar refractivity (Wildman–Crippen MR) is 126 cm³/mol. The zero-order chi connectivity index (χ0) is 23.4. The summed E-state index contributed by atoms with van der Waals surface area (Å²) < 4.78 is 33.5. The molecule has 0 aliphatic carbocycles. The molecular weight excluding hydrogens is 442 g/mol. The van der Waals surface area contributed by atoms with E-state index in [1.807, 2.05) is 24.3 Å². The SMILES string of the molecule is CCc1ccc(NC(=O)CN2C(=O)COc3ccc(S(=O)(=O)N4CCCCCC4)cc32)cc1. The van der Waals surface area contributed by atoms with Gasteiger partial charge in [-0.1, -0.05) is 31.9 Å². The molecule has 0 saturated carbocycles. The molecule has 1 N–H and O–H groups in total. The third-order valence-corrected chi connectivity index (χ3v) is 7.92. The number of aryl methyl sites for hydroxylation is 1. The van der Waals surface area contributed by atoms with E-state index in [0.29, 0.717) is 30.2 Å². The third-order valence-electron chi connectivity index (χ3n) is 6.02. The molecule has 0 atom stereocenters. The first-order valence-corrected chi connectivity index (χ1v) is 12.8. The molecule has 1 saturated heterocycles. The summed E-state index contributed by atoms with van der Waals surface area (Å²) in [5.41, 5.74) is 2.08. The van der Waals surface area contributed by atoms with Crippen LogP contribution in [0.2, 0.25) is 0 Å². The lowest BCUT2D eigenvalue weighted by molar-refractivity contribution is -0.123. The van der Waals surface area contributed by atoms with Gasteiger partial charge in [-0.05, 0) is 55.2 Å². The van der Waals surface area contributed by atoms with Crippen molar-refractivity contribution < 1.29 is 22.7 Å². The number of ether oxygens (including phenoxy) is 1. The second-order valence-electron chi connectivity index (χ2n) is 8.32. The van der Waals surface area contributed by atoms with E-state index in [4.69, 9.17) is 4.74 Å². The van der Waals surface area contributed by atoms with Gasteiger partial charge in [0.15, 0.2) is 6.61 Å². The van der Waals surface area contributed by atoms with E-state index in [0.717, 1.165) is 37.7 Å². The molecule has 2 amide bonds. The first-order chi connectivity index (χ1) is 15.9. The summed E-state index contributed by atoms with van der Waals surface area (Å²) in [6.45, 7) is 2.58. The first-order valence-electron chi connectivity index (χ1n) is 11.3. The molecule has 8 nitrogen and oxygen atoms in total. The minimum absolute atomic E-state index is 0.0991. The average Bonchev–Trinajstić information content (AvgIpc) is 3.11. The van der Waals surface area contributed by atoms with Crippen LogP contribution in [0.5, 0.6) is 5.75 Å². The van der Waals surface area contributed by atoms with Crippen LogP contribution in [0.1, 0.15) is 38.2 Å². The Labute approximate surface area is 194 Å². The van der Waals surface area contributed by atoms with Crippen molar-refractivity contribution in [2.45, 2.75) is 43.9 Å². The van der Waals surface area contributed by atoms with Crippen molar-refractivity contribution in [2.24, 2.45) is 0 Å². The van der Waals surface area contributed by atoms with Gasteiger partial charge in [-0.2, -0.15) is 4.31 Å². The number of sulfonamides is 1. The van der Waals surface area contributed by atoms with Gasteiger partial charge in [0.05, 0.1) is 10.6 Å². The number of amides is 2. The van der Waals surface area contributed by atoms with Crippen LogP contribution in [0.4, 0.5) is 11.4 Å². The molecule has 1 fully saturated rings. The smallest absolute Gasteiger partial charge is 0.265 e. The molecule has 2 aromatic rings. The number of anilines is 2. The van der Waals surface area contributed by atoms with E-state index in [2.05, 4.69) is 12.2 Å². The fourth-order valence-electron chi connectivity index (χ4n) is 4.11. The molecule has 2 heterocycles. The number of nitrogens with zero attached hydrogens (tertiary/aromatic N) is 2. The molecule has 9 heteroatoms. The number of hydrogen-bond donors (Lipinski definition) is 1. The normalized spacial score (nSPS) is 17.1. The Balaban J connectivity index is 1.56. The minimum atomic E-state index is -3.70. The second-order valence-corrected chi connectivity index (χ2v) is 10.3. The maximum Gasteiger partial charge on any atom is 0.265 e. The van der Waals surface area contributed by atoms with Crippen LogP contribution in [0, 0.1) is 0 Å². The van der Waals surface area contributed by atoms with E-state index in [9.17, 15) is 18.0 Å². The van der Waals surface area contributed by atoms with E-state index < -0.39 is 15.9 Å². The quantitative estimate of drug-likeness (QED) is 0.698. The highest BCUT2D eigenvalue weighted by Crippen LogP contribution is 2.35. The number of rotatable bonds is 6. The Kier molecular flexibility index (Phi) is 6.99. The molecule has 0 radical (unpaired) electrons. The number of carbonyl (C=O) groups is 2. The van der Waals surface area contributed by atoms with Gasteiger partial charge in [-0.3, -0.25) is 14.5 Å². The highest BCUT2D eigenvalue weighted by molar-refractivity contribution is 7.89. The van der Waals surface area contributed by atoms with Crippen LogP contribution in [0.15, 0.2) is 47.4 Å². The van der Waals surface area contributed by atoms with Crippen LogP contribution in [-0.2, 0) is 26.0 Å². The van der Waals surface area contributed by atoms with Gasteiger partial charge in [0.2, 0.25) is 15.9 Å². The number of carbonyl (C=O) groups excluding carboxylic acids is 2. The van der Waals surface area contributed by atoms with Crippen LogP contribution in [-0.4, -0.2) is 50.8 Å². The second kappa shape index (κ2) is 9.93. The number of fused-ring (bicyclic) bond motifs is 1. The van der Waals surface area contributed by atoms with Gasteiger partial charge in [0.25, 0.3) is 5.91 Å². The van der Waals surface area contributed by atoms with Crippen molar-refractivity contribution in [3.05, 3.63) is 48.0 Å². The van der Waals surface area contributed by atoms with Crippen molar-refractivity contribution in [3.8, 4) is 5.75 Å². The van der Waals surface area contributed by atoms with Gasteiger partial charge in [0.1, 0.15) is 12.3 Å². The third kappa shape index (κ3) is 5.20. The molecule has 176 valence electrons. The van der Waals surface area contributed by atoms with Crippen LogP contribution in [0.3, 0.4) is 0 Å². The minimum Gasteiger partial charge on any atom is -0.482 e. The van der Waals surface area contributed by atoms with Crippen molar-refractivity contribution in [1.29, 1.82) is 0 Å². The summed E-state index contributed by atoms with van der Waals surface area (Å²) in [6, 6.07) is 12.0. The average molecular weight is 472 g/mol. The topological polar surface area (TPSA) is 96.0 Å². The largest absolute Gasteiger partial charge is 0.482 e. The summed E-state index contributed by atoms with van der Waals surface area (Å²) in [5, 5.41) is 2.80. The Hall–Kier alpha value is -2.91. The van der Waals surface area contributed by atoms with Crippen LogP contribution < -0.4 is 15.0 Å². The van der Waals surface area contributed by atoms with E-state index in [1.165, 1.54) is 21.3 Å². The van der Waals surface area contributed by atoms with Crippen LogP contribution >= 0.6 is 0 Å². The lowest BCUT2D eigenvalue weighted by atomic mass is 10.1. The van der Waals surface area contributed by atoms with Gasteiger partial charge in [0, 0.05) is 18.8 Å². The van der Waals surface area contributed by atoms with Gasteiger partial charge in [-0.25, -0.2) is 8.42 Å². The first kappa shape index (κ1) is 23.3. The molecule has 2 aliphatic rings. The molecule has 0 bridgehead atoms. The highest BCUT2D eigenvalue weighted by atomic mass is 32.2. The number of hydrogen-bond acceptors (Lipinski definition) is 5. The summed E-state index contributed by atoms with van der Waals surface area (Å²) in [4.78, 5) is 26.7. The van der Waals surface area contributed by atoms with Crippen molar-refractivity contribution >= 4 is 33.2 Å². The summed E-state index contributed by atoms with van der Waals surface area (Å²) in [5.74, 6) is -0.394. The molecular formula is C24H29N3O5S. The van der Waals surface area contributed by atoms with Crippen LogP contribution in [0.25, 0.3) is 0 Å². The molecule has 0 aromatic heterocycles. The highest BCUT2D eigenvalue weighted by Gasteiger charge is 2.31. The monoisotopic (exact) mass is 471 g/mol. The molecule has 2 aliphatic heterocycles. The number of nitrogens with one attached hydrogen (secondary N) is 1. The summed E-state index contributed by atoms with van der Waals surface area (Å²) in [7, 11) is -3.70. The molecule has 0 spiro atoms. The molecule has 33 heavy (non-hydrogen) atoms. The van der Waals surface area contributed by atoms with Crippen molar-refractivity contribution in [1.82, 2.24) is 4.31 Å². The lowest BCUT2D eigenvalue weighted by Crippen LogP contribution is -2.43. The van der Waals surface area contributed by atoms with Gasteiger partial charge in [-0.15, -0.1) is 0 Å². The van der Waals surface area contributed by atoms with E-state index >= 15 is 0 Å². The maximum atomic E-state index is 13.2. The molecule has 4 rings (SSSR count). The Morgan fingerprint density at radius 3 is 2.39 bits per heavy atom. The standard InChI is InChI=1S/C24H29N3O5S/c1-2-18-7-9-19(10-8-18)25-23(28)16-27-21-15-20(11-12-22(21)32-17-24(27)29)33(30,31)26-13-5-3-4-6-14-26/h7-12,15H,2-6,13-14,16-17H2,1H3,(H,25,28). The summed E-state index contributed by atoms with van der Waals surface area (Å²) in [6.07, 6.45) is 4.59. The lowest BCUT2D eigenvalue weighted by Gasteiger charge is -2.30. The van der Waals surface area contributed by atoms with E-state index in [1.54, 1.807) is 6.07 Å². The molecule has 2 aromatic carbocycles. The fourth-order valence-corrected chi connectivity index (χ4v) is 5.65. The summed E-state index contributed by atoms with van der Waals surface area (Å²) >= 11 is 0.